The minimum absolute atomic E-state index is 0.00515. The van der Waals surface area contributed by atoms with E-state index in [1.807, 2.05) is 0 Å². The molecule has 0 radical (unpaired) electrons. The molecule has 0 spiro atoms. The molecule has 0 aromatic rings. The fourth-order valence-electron chi connectivity index (χ4n) is 0.735. The van der Waals surface area contributed by atoms with Crippen LogP contribution < -0.4 is 5.32 Å². The molecule has 3 heteroatoms. The van der Waals surface area contributed by atoms with Crippen molar-refractivity contribution in [1.29, 1.82) is 0 Å². The van der Waals surface area contributed by atoms with Gasteiger partial charge in [0.25, 0.3) is 0 Å². The smallest absolute Gasteiger partial charge is 0.220 e. The summed E-state index contributed by atoms with van der Waals surface area (Å²) in [6.45, 7) is 1.78. The molecule has 0 saturated carbocycles. The zero-order valence-corrected chi connectivity index (χ0v) is 8.03. The Morgan fingerprint density at radius 2 is 2.33 bits per heavy atom. The fraction of sp³-hybridized carbons (Fsp3) is 0.667. The van der Waals surface area contributed by atoms with Crippen LogP contribution in [0.4, 0.5) is 0 Å². The third kappa shape index (κ3) is 6.06. The Bertz CT molecular complexity index is 174. The minimum atomic E-state index is -0.173. The highest BCUT2D eigenvalue weighted by Crippen LogP contribution is 1.97. The molecule has 0 saturated heterocycles. The summed E-state index contributed by atoms with van der Waals surface area (Å²) in [6.07, 6.45) is 7.30. The van der Waals surface area contributed by atoms with E-state index in [1.54, 1.807) is 6.92 Å². The lowest BCUT2D eigenvalue weighted by molar-refractivity contribution is -0.121. The molecule has 1 N–H and O–H groups in total. The van der Waals surface area contributed by atoms with Gasteiger partial charge in [-0.05, 0) is 19.8 Å². The number of terminal acetylenes is 1. The Labute approximate surface area is 78.7 Å². The van der Waals surface area contributed by atoms with Crippen molar-refractivity contribution in [3.05, 3.63) is 0 Å². The lowest BCUT2D eigenvalue weighted by Crippen LogP contribution is -2.30. The Balaban J connectivity index is 3.41. The first-order valence-electron chi connectivity index (χ1n) is 4.02. The van der Waals surface area contributed by atoms with Crippen molar-refractivity contribution in [2.45, 2.75) is 32.2 Å². The lowest BCUT2D eigenvalue weighted by atomic mass is 10.2. The fourth-order valence-corrected chi connectivity index (χ4v) is 0.924. The zero-order valence-electron chi connectivity index (χ0n) is 7.27. The normalized spacial score (nSPS) is 11.8. The summed E-state index contributed by atoms with van der Waals surface area (Å²) < 4.78 is 0. The largest absolute Gasteiger partial charge is 0.343 e. The standard InChI is InChI=1S/C9H14ClNO/c1-3-8(2)11-9(12)6-4-5-7-10/h1,8H,4-7H2,2H3,(H,11,12). The molecular weight excluding hydrogens is 174 g/mol. The number of carbonyl (C=O) groups is 1. The van der Waals surface area contributed by atoms with E-state index >= 15 is 0 Å². The average Bonchev–Trinajstić information content (AvgIpc) is 2.05. The van der Waals surface area contributed by atoms with Gasteiger partial charge >= 0.3 is 0 Å². The number of hydrogen-bond acceptors (Lipinski definition) is 1. The van der Waals surface area contributed by atoms with Crippen LogP contribution >= 0.6 is 11.6 Å². The molecular formula is C9H14ClNO. The van der Waals surface area contributed by atoms with Crippen molar-refractivity contribution < 1.29 is 4.79 Å². The van der Waals surface area contributed by atoms with Gasteiger partial charge in [0.05, 0.1) is 6.04 Å². The van der Waals surface area contributed by atoms with Gasteiger partial charge in [-0.2, -0.15) is 0 Å². The molecule has 1 unspecified atom stereocenters. The van der Waals surface area contributed by atoms with Crippen molar-refractivity contribution in [1.82, 2.24) is 5.32 Å². The molecule has 0 bridgehead atoms. The van der Waals surface area contributed by atoms with Crippen LogP contribution in [0.25, 0.3) is 0 Å². The zero-order chi connectivity index (χ0) is 9.40. The maximum Gasteiger partial charge on any atom is 0.220 e. The first kappa shape index (κ1) is 11.3. The van der Waals surface area contributed by atoms with Crippen molar-refractivity contribution in [2.75, 3.05) is 5.88 Å². The second-order valence-corrected chi connectivity index (χ2v) is 2.98. The summed E-state index contributed by atoms with van der Waals surface area (Å²) in [5, 5.41) is 2.67. The van der Waals surface area contributed by atoms with Crippen molar-refractivity contribution in [3.63, 3.8) is 0 Å². The van der Waals surface area contributed by atoms with Gasteiger partial charge in [0.1, 0.15) is 0 Å². The van der Waals surface area contributed by atoms with E-state index in [0.29, 0.717) is 12.3 Å². The van der Waals surface area contributed by atoms with Crippen LogP contribution in [0.2, 0.25) is 0 Å². The van der Waals surface area contributed by atoms with Gasteiger partial charge < -0.3 is 5.32 Å². The molecule has 68 valence electrons. The molecule has 1 atom stereocenters. The molecule has 0 aromatic carbocycles. The van der Waals surface area contributed by atoms with E-state index < -0.39 is 0 Å². The Kier molecular flexibility index (Phi) is 6.60. The van der Waals surface area contributed by atoms with E-state index in [-0.39, 0.29) is 11.9 Å². The SMILES string of the molecule is C#CC(C)NC(=O)CCCCCl. The molecule has 1 amide bonds. The van der Waals surface area contributed by atoms with Gasteiger partial charge in [0.15, 0.2) is 0 Å². The number of hydrogen-bond donors (Lipinski definition) is 1. The second-order valence-electron chi connectivity index (χ2n) is 2.60. The average molecular weight is 188 g/mol. The molecule has 0 fully saturated rings. The monoisotopic (exact) mass is 187 g/mol. The highest BCUT2D eigenvalue weighted by atomic mass is 35.5. The maximum atomic E-state index is 11.0. The number of nitrogens with one attached hydrogen (secondary N) is 1. The summed E-state index contributed by atoms with van der Waals surface area (Å²) >= 11 is 5.45. The molecule has 12 heavy (non-hydrogen) atoms. The van der Waals surface area contributed by atoms with Crippen LogP contribution in [-0.2, 0) is 4.79 Å². The number of alkyl halides is 1. The number of amides is 1. The summed E-state index contributed by atoms with van der Waals surface area (Å²) in [7, 11) is 0. The first-order valence-corrected chi connectivity index (χ1v) is 4.55. The maximum absolute atomic E-state index is 11.0. The lowest BCUT2D eigenvalue weighted by Gasteiger charge is -2.06. The van der Waals surface area contributed by atoms with Crippen LogP contribution in [0.5, 0.6) is 0 Å². The summed E-state index contributed by atoms with van der Waals surface area (Å²) in [6, 6.07) is -0.173. The highest BCUT2D eigenvalue weighted by Gasteiger charge is 2.02. The van der Waals surface area contributed by atoms with E-state index in [9.17, 15) is 4.79 Å². The van der Waals surface area contributed by atoms with Gasteiger partial charge in [-0.25, -0.2) is 0 Å². The highest BCUT2D eigenvalue weighted by molar-refractivity contribution is 6.17. The van der Waals surface area contributed by atoms with E-state index in [2.05, 4.69) is 11.2 Å². The molecule has 0 aliphatic carbocycles. The van der Waals surface area contributed by atoms with Gasteiger partial charge in [-0.3, -0.25) is 4.79 Å². The van der Waals surface area contributed by atoms with Gasteiger partial charge in [-0.1, -0.05) is 5.92 Å². The summed E-state index contributed by atoms with van der Waals surface area (Å²) in [5.41, 5.74) is 0. The number of rotatable bonds is 5. The minimum Gasteiger partial charge on any atom is -0.343 e. The van der Waals surface area contributed by atoms with Crippen molar-refractivity contribution in [2.24, 2.45) is 0 Å². The van der Waals surface area contributed by atoms with E-state index in [1.165, 1.54) is 0 Å². The van der Waals surface area contributed by atoms with Crippen LogP contribution in [0, 0.1) is 12.3 Å². The third-order valence-electron chi connectivity index (χ3n) is 1.41. The van der Waals surface area contributed by atoms with Crippen LogP contribution in [0.3, 0.4) is 0 Å². The van der Waals surface area contributed by atoms with Gasteiger partial charge in [0, 0.05) is 12.3 Å². The predicted octanol–water partition coefficient (Wildman–Crippen LogP) is 1.53. The third-order valence-corrected chi connectivity index (χ3v) is 1.68. The Morgan fingerprint density at radius 1 is 1.67 bits per heavy atom. The second kappa shape index (κ2) is 7.00. The van der Waals surface area contributed by atoms with Crippen LogP contribution in [-0.4, -0.2) is 17.8 Å². The molecule has 0 heterocycles. The Morgan fingerprint density at radius 3 is 2.83 bits per heavy atom. The Hall–Kier alpha value is -0.680. The number of unbranched alkanes of at least 4 members (excludes halogenated alkanes) is 1. The van der Waals surface area contributed by atoms with Crippen LogP contribution in [0.1, 0.15) is 26.2 Å². The number of carbonyl (C=O) groups excluding carboxylic acids is 1. The summed E-state index contributed by atoms with van der Waals surface area (Å²) in [4.78, 5) is 11.0. The predicted molar refractivity (Wildman–Crippen MR) is 51.0 cm³/mol. The van der Waals surface area contributed by atoms with Crippen molar-refractivity contribution in [3.8, 4) is 12.3 Å². The van der Waals surface area contributed by atoms with Crippen LogP contribution in [0.15, 0.2) is 0 Å². The van der Waals surface area contributed by atoms with E-state index in [0.717, 1.165) is 12.8 Å². The van der Waals surface area contributed by atoms with Gasteiger partial charge in [-0.15, -0.1) is 18.0 Å². The van der Waals surface area contributed by atoms with Gasteiger partial charge in [0.2, 0.25) is 5.91 Å². The van der Waals surface area contributed by atoms with E-state index in [4.69, 9.17) is 18.0 Å². The molecule has 0 aromatic heterocycles. The first-order chi connectivity index (χ1) is 5.70. The quantitative estimate of drug-likeness (QED) is 0.395. The van der Waals surface area contributed by atoms with Crippen molar-refractivity contribution >= 4 is 17.5 Å². The molecule has 0 rings (SSSR count). The summed E-state index contributed by atoms with van der Waals surface area (Å²) in [5.74, 6) is 3.04. The topological polar surface area (TPSA) is 29.1 Å². The molecule has 0 aliphatic heterocycles. The molecule has 0 aliphatic rings. The molecule has 2 nitrogen and oxygen atoms in total. The number of halogens is 1.